The van der Waals surface area contributed by atoms with E-state index in [1.807, 2.05) is 42.5 Å². The van der Waals surface area contributed by atoms with Gasteiger partial charge in [-0.15, -0.1) is 0 Å². The molecule has 0 spiro atoms. The Bertz CT molecular complexity index is 1360. The topological polar surface area (TPSA) is 70.7 Å². The maximum Gasteiger partial charge on any atom is 0.224 e. The Hall–Kier alpha value is -3.99. The number of aromatic nitrogens is 3. The lowest BCUT2D eigenvalue weighted by molar-refractivity contribution is -0.116. The van der Waals surface area contributed by atoms with E-state index in [9.17, 15) is 4.79 Å². The van der Waals surface area contributed by atoms with Crippen molar-refractivity contribution in [3.8, 4) is 11.4 Å². The zero-order valence-corrected chi connectivity index (χ0v) is 17.0. The molecule has 0 aliphatic carbocycles. The third kappa shape index (κ3) is 4.03. The van der Waals surface area contributed by atoms with E-state index in [2.05, 4.69) is 45.6 Å². The van der Waals surface area contributed by atoms with Crippen molar-refractivity contribution in [2.75, 3.05) is 5.32 Å². The number of amides is 1. The minimum Gasteiger partial charge on any atom is -0.353 e. The predicted molar refractivity (Wildman–Crippen MR) is 125 cm³/mol. The molecule has 0 saturated carbocycles. The molecule has 3 heterocycles. The Morgan fingerprint density at radius 2 is 1.81 bits per heavy atom. The Labute approximate surface area is 180 Å². The molecule has 5 nitrogen and oxygen atoms in total. The van der Waals surface area contributed by atoms with Crippen LogP contribution in [0.25, 0.3) is 33.2 Å². The van der Waals surface area contributed by atoms with Gasteiger partial charge in [0, 0.05) is 28.9 Å². The Kier molecular flexibility index (Phi) is 5.15. The lowest BCUT2D eigenvalue weighted by Gasteiger charge is -2.07. The van der Waals surface area contributed by atoms with Crippen molar-refractivity contribution >= 4 is 33.4 Å². The van der Waals surface area contributed by atoms with E-state index >= 15 is 0 Å². The van der Waals surface area contributed by atoms with Crippen molar-refractivity contribution in [1.29, 1.82) is 0 Å². The fraction of sp³-hybridized carbons (Fsp3) is 0.115. The van der Waals surface area contributed by atoms with E-state index in [0.717, 1.165) is 46.3 Å². The van der Waals surface area contributed by atoms with Crippen LogP contribution in [0, 0.1) is 0 Å². The quantitative estimate of drug-likeness (QED) is 0.378. The van der Waals surface area contributed by atoms with Crippen molar-refractivity contribution in [3.63, 3.8) is 0 Å². The molecule has 5 heteroatoms. The van der Waals surface area contributed by atoms with Crippen molar-refractivity contribution in [1.82, 2.24) is 15.0 Å². The van der Waals surface area contributed by atoms with Crippen molar-refractivity contribution in [2.45, 2.75) is 19.3 Å². The highest BCUT2D eigenvalue weighted by atomic mass is 16.1. The van der Waals surface area contributed by atoms with E-state index in [1.165, 1.54) is 10.9 Å². The molecule has 2 aromatic carbocycles. The highest BCUT2D eigenvalue weighted by Gasteiger charge is 2.15. The maximum atomic E-state index is 12.3. The SMILES string of the molecule is O=C(CCCc1c(-c2ccc3ccccc3n2)[nH]c2ccccc12)Nc1cccnc1. The van der Waals surface area contributed by atoms with Crippen LogP contribution < -0.4 is 5.32 Å². The summed E-state index contributed by atoms with van der Waals surface area (Å²) in [6.07, 6.45) is 5.32. The van der Waals surface area contributed by atoms with Gasteiger partial charge in [0.2, 0.25) is 5.91 Å². The number of rotatable bonds is 6. The number of pyridine rings is 2. The van der Waals surface area contributed by atoms with Gasteiger partial charge in [-0.1, -0.05) is 42.5 Å². The molecule has 0 radical (unpaired) electrons. The van der Waals surface area contributed by atoms with Gasteiger partial charge in [-0.25, -0.2) is 4.98 Å². The molecule has 0 unspecified atom stereocenters. The summed E-state index contributed by atoms with van der Waals surface area (Å²) in [4.78, 5) is 24.8. The normalized spacial score (nSPS) is 11.1. The van der Waals surface area contributed by atoms with Crippen LogP contribution >= 0.6 is 0 Å². The first-order valence-corrected chi connectivity index (χ1v) is 10.4. The second-order valence-corrected chi connectivity index (χ2v) is 7.56. The molecule has 5 rings (SSSR count). The lowest BCUT2D eigenvalue weighted by atomic mass is 10.0. The van der Waals surface area contributed by atoms with E-state index in [4.69, 9.17) is 4.98 Å². The van der Waals surface area contributed by atoms with Gasteiger partial charge >= 0.3 is 0 Å². The number of hydrogen-bond acceptors (Lipinski definition) is 3. The van der Waals surface area contributed by atoms with Crippen LogP contribution in [0.1, 0.15) is 18.4 Å². The van der Waals surface area contributed by atoms with Crippen LogP contribution in [-0.2, 0) is 11.2 Å². The molecule has 1 amide bonds. The zero-order valence-electron chi connectivity index (χ0n) is 17.0. The summed E-state index contributed by atoms with van der Waals surface area (Å²) in [6.45, 7) is 0. The summed E-state index contributed by atoms with van der Waals surface area (Å²) in [5, 5.41) is 5.21. The molecule has 31 heavy (non-hydrogen) atoms. The summed E-state index contributed by atoms with van der Waals surface area (Å²) in [7, 11) is 0. The first-order chi connectivity index (χ1) is 15.3. The van der Waals surface area contributed by atoms with E-state index in [1.54, 1.807) is 12.4 Å². The van der Waals surface area contributed by atoms with Crippen molar-refractivity contribution in [3.05, 3.63) is 90.8 Å². The number of carbonyl (C=O) groups excluding carboxylic acids is 1. The van der Waals surface area contributed by atoms with Gasteiger partial charge in [0.05, 0.1) is 28.8 Å². The molecular formula is C26H22N4O. The Morgan fingerprint density at radius 3 is 2.71 bits per heavy atom. The van der Waals surface area contributed by atoms with Crippen LogP contribution in [-0.4, -0.2) is 20.9 Å². The lowest BCUT2D eigenvalue weighted by Crippen LogP contribution is -2.11. The van der Waals surface area contributed by atoms with Gasteiger partial charge in [0.25, 0.3) is 0 Å². The molecule has 0 aliphatic rings. The molecule has 2 N–H and O–H groups in total. The molecular weight excluding hydrogens is 384 g/mol. The number of nitrogens with one attached hydrogen (secondary N) is 2. The number of H-pyrrole nitrogens is 1. The first-order valence-electron chi connectivity index (χ1n) is 10.4. The van der Waals surface area contributed by atoms with Crippen LogP contribution in [0.15, 0.2) is 85.2 Å². The monoisotopic (exact) mass is 406 g/mol. The number of aryl methyl sites for hydroxylation is 1. The van der Waals surface area contributed by atoms with Crippen molar-refractivity contribution in [2.24, 2.45) is 0 Å². The van der Waals surface area contributed by atoms with Crippen LogP contribution in [0.3, 0.4) is 0 Å². The Morgan fingerprint density at radius 1 is 0.935 bits per heavy atom. The third-order valence-electron chi connectivity index (χ3n) is 5.44. The average Bonchev–Trinajstić information content (AvgIpc) is 3.18. The number of aromatic amines is 1. The average molecular weight is 406 g/mol. The molecule has 152 valence electrons. The fourth-order valence-corrected chi connectivity index (χ4v) is 3.97. The van der Waals surface area contributed by atoms with Crippen LogP contribution in [0.5, 0.6) is 0 Å². The second-order valence-electron chi connectivity index (χ2n) is 7.56. The molecule has 0 bridgehead atoms. The molecule has 0 aliphatic heterocycles. The predicted octanol–water partition coefficient (Wildman–Crippen LogP) is 5.74. The van der Waals surface area contributed by atoms with Gasteiger partial charge in [0.15, 0.2) is 0 Å². The number of anilines is 1. The first kappa shape index (κ1) is 19.0. The molecule has 0 saturated heterocycles. The number of nitrogens with zero attached hydrogens (tertiary/aromatic N) is 2. The Balaban J connectivity index is 1.40. The van der Waals surface area contributed by atoms with E-state index in [-0.39, 0.29) is 5.91 Å². The third-order valence-corrected chi connectivity index (χ3v) is 5.44. The van der Waals surface area contributed by atoms with Gasteiger partial charge in [-0.05, 0) is 48.7 Å². The number of benzene rings is 2. The maximum absolute atomic E-state index is 12.3. The van der Waals surface area contributed by atoms with Crippen LogP contribution in [0.2, 0.25) is 0 Å². The highest BCUT2D eigenvalue weighted by Crippen LogP contribution is 2.31. The summed E-state index contributed by atoms with van der Waals surface area (Å²) in [5.74, 6) is -0.00165. The van der Waals surface area contributed by atoms with Gasteiger partial charge in [0.1, 0.15) is 0 Å². The standard InChI is InChI=1S/C26H22N4O/c31-25(28-19-8-6-16-27-17-19)13-5-10-21-20-9-2-4-12-23(20)30-26(21)24-15-14-18-7-1-3-11-22(18)29-24/h1-4,6-9,11-12,14-17,30H,5,10,13H2,(H,28,31). The van der Waals surface area contributed by atoms with Crippen molar-refractivity contribution < 1.29 is 4.79 Å². The molecule has 3 aromatic heterocycles. The minimum atomic E-state index is -0.00165. The van der Waals surface area contributed by atoms with Crippen LogP contribution in [0.4, 0.5) is 5.69 Å². The number of hydrogen-bond donors (Lipinski definition) is 2. The van der Waals surface area contributed by atoms with E-state index < -0.39 is 0 Å². The summed E-state index contributed by atoms with van der Waals surface area (Å²) in [5.41, 5.74) is 5.93. The van der Waals surface area contributed by atoms with E-state index in [0.29, 0.717) is 6.42 Å². The molecule has 0 atom stereocenters. The summed E-state index contributed by atoms with van der Waals surface area (Å²) in [6, 6.07) is 24.2. The fourth-order valence-electron chi connectivity index (χ4n) is 3.97. The highest BCUT2D eigenvalue weighted by molar-refractivity contribution is 5.92. The molecule has 5 aromatic rings. The number of para-hydroxylation sites is 2. The number of carbonyl (C=O) groups is 1. The second kappa shape index (κ2) is 8.40. The summed E-state index contributed by atoms with van der Waals surface area (Å²) < 4.78 is 0. The zero-order chi connectivity index (χ0) is 21.0. The summed E-state index contributed by atoms with van der Waals surface area (Å²) >= 11 is 0. The van der Waals surface area contributed by atoms with Gasteiger partial charge in [-0.2, -0.15) is 0 Å². The van der Waals surface area contributed by atoms with Gasteiger partial charge in [-0.3, -0.25) is 9.78 Å². The minimum absolute atomic E-state index is 0.00165. The number of fused-ring (bicyclic) bond motifs is 2. The largest absolute Gasteiger partial charge is 0.353 e. The smallest absolute Gasteiger partial charge is 0.224 e. The van der Waals surface area contributed by atoms with Gasteiger partial charge < -0.3 is 10.3 Å². The molecule has 0 fully saturated rings.